The lowest BCUT2D eigenvalue weighted by Gasteiger charge is -2.16. The quantitative estimate of drug-likeness (QED) is 0.879. The summed E-state index contributed by atoms with van der Waals surface area (Å²) in [6.07, 6.45) is 2.00. The van der Waals surface area contributed by atoms with Gasteiger partial charge >= 0.3 is 0 Å². The molecule has 2 rings (SSSR count). The fourth-order valence-corrected chi connectivity index (χ4v) is 2.49. The molecule has 0 spiro atoms. The molecule has 15 heavy (non-hydrogen) atoms. The molecule has 1 aliphatic rings. The molecule has 0 fully saturated rings. The van der Waals surface area contributed by atoms with Gasteiger partial charge in [-0.1, -0.05) is 23.2 Å². The number of phenolic OH excluding ortho intramolecular Hbond substituents is 1. The van der Waals surface area contributed by atoms with E-state index < -0.39 is 0 Å². The Labute approximate surface area is 102 Å². The first-order valence-electron chi connectivity index (χ1n) is 4.36. The second-order valence-electron chi connectivity index (χ2n) is 3.23. The molecule has 1 N–H and O–H groups in total. The predicted octanol–water partition coefficient (Wildman–Crippen LogP) is 3.68. The third-order valence-corrected chi connectivity index (χ3v) is 3.52. The Bertz CT molecular complexity index is 409. The maximum absolute atomic E-state index is 9.50. The summed E-state index contributed by atoms with van der Waals surface area (Å²) >= 11 is 13.5. The van der Waals surface area contributed by atoms with Crippen LogP contribution in [0.2, 0.25) is 10.0 Å². The zero-order chi connectivity index (χ0) is 10.8. The van der Waals surface area contributed by atoms with E-state index in [-0.39, 0.29) is 5.75 Å². The second-order valence-corrected chi connectivity index (χ2v) is 4.90. The highest BCUT2D eigenvalue weighted by Gasteiger charge is 2.11. The van der Waals surface area contributed by atoms with E-state index in [4.69, 9.17) is 23.2 Å². The van der Waals surface area contributed by atoms with E-state index in [0.29, 0.717) is 16.6 Å². The first kappa shape index (κ1) is 11.0. The van der Waals surface area contributed by atoms with Gasteiger partial charge in [-0.2, -0.15) is 0 Å². The summed E-state index contributed by atoms with van der Waals surface area (Å²) in [6, 6.07) is 3.22. The van der Waals surface area contributed by atoms with Crippen molar-refractivity contribution < 1.29 is 5.11 Å². The lowest BCUT2D eigenvalue weighted by molar-refractivity contribution is 0.436. The van der Waals surface area contributed by atoms with Crippen LogP contribution in [0.5, 0.6) is 5.75 Å². The lowest BCUT2D eigenvalue weighted by Crippen LogP contribution is -2.12. The van der Waals surface area contributed by atoms with Crippen LogP contribution in [-0.2, 0) is 6.54 Å². The highest BCUT2D eigenvalue weighted by Crippen LogP contribution is 2.32. The third kappa shape index (κ3) is 2.54. The van der Waals surface area contributed by atoms with Crippen molar-refractivity contribution in [1.82, 2.24) is 4.90 Å². The van der Waals surface area contributed by atoms with Crippen LogP contribution in [0.1, 0.15) is 5.56 Å². The van der Waals surface area contributed by atoms with Crippen LogP contribution in [0.3, 0.4) is 0 Å². The van der Waals surface area contributed by atoms with Gasteiger partial charge < -0.3 is 10.0 Å². The van der Waals surface area contributed by atoms with Crippen molar-refractivity contribution in [3.63, 3.8) is 0 Å². The average Bonchev–Trinajstić information content (AvgIpc) is 2.66. The minimum absolute atomic E-state index is 0.0370. The van der Waals surface area contributed by atoms with Crippen molar-refractivity contribution >= 4 is 35.0 Å². The molecule has 2 nitrogen and oxygen atoms in total. The molecule has 1 heterocycles. The monoisotopic (exact) mass is 261 g/mol. The van der Waals surface area contributed by atoms with E-state index in [1.54, 1.807) is 17.8 Å². The second kappa shape index (κ2) is 4.56. The van der Waals surface area contributed by atoms with E-state index in [0.717, 1.165) is 11.4 Å². The molecule has 0 radical (unpaired) electrons. The Hall–Kier alpha value is -0.510. The summed E-state index contributed by atoms with van der Waals surface area (Å²) in [5.41, 5.74) is 0.841. The van der Waals surface area contributed by atoms with E-state index in [1.165, 1.54) is 6.07 Å². The van der Waals surface area contributed by atoms with Crippen molar-refractivity contribution in [3.8, 4) is 5.75 Å². The fourth-order valence-electron chi connectivity index (χ4n) is 1.37. The molecular formula is C10H9Cl2NOS. The Morgan fingerprint density at radius 3 is 2.87 bits per heavy atom. The van der Waals surface area contributed by atoms with Crippen LogP contribution in [0, 0.1) is 0 Å². The average molecular weight is 262 g/mol. The van der Waals surface area contributed by atoms with Gasteiger partial charge in [0.15, 0.2) is 0 Å². The highest BCUT2D eigenvalue weighted by atomic mass is 35.5. The van der Waals surface area contributed by atoms with Crippen LogP contribution in [0.25, 0.3) is 0 Å². The smallest absolute Gasteiger partial charge is 0.136 e. The maximum atomic E-state index is 9.50. The molecule has 0 aliphatic carbocycles. The number of thioether (sulfide) groups is 1. The minimum Gasteiger partial charge on any atom is -0.506 e. The van der Waals surface area contributed by atoms with Crippen molar-refractivity contribution in [2.24, 2.45) is 0 Å². The highest BCUT2D eigenvalue weighted by molar-refractivity contribution is 8.02. The molecule has 80 valence electrons. The van der Waals surface area contributed by atoms with E-state index in [1.807, 2.05) is 11.6 Å². The number of rotatable bonds is 2. The van der Waals surface area contributed by atoms with Crippen LogP contribution in [0.4, 0.5) is 0 Å². The standard InChI is InChI=1S/C10H9Cl2NOS/c11-8-3-7(10(12)9(14)4-8)5-13-1-2-15-6-13/h1-4,14H,5-6H2. The van der Waals surface area contributed by atoms with Crippen LogP contribution in [0.15, 0.2) is 23.7 Å². The minimum atomic E-state index is 0.0370. The van der Waals surface area contributed by atoms with Gasteiger partial charge in [-0.25, -0.2) is 0 Å². The lowest BCUT2D eigenvalue weighted by atomic mass is 10.2. The van der Waals surface area contributed by atoms with Gasteiger partial charge in [-0.05, 0) is 17.0 Å². The van der Waals surface area contributed by atoms with Gasteiger partial charge in [-0.15, -0.1) is 11.8 Å². The van der Waals surface area contributed by atoms with Crippen molar-refractivity contribution in [2.45, 2.75) is 6.54 Å². The molecule has 5 heteroatoms. The van der Waals surface area contributed by atoms with E-state index in [2.05, 4.69) is 4.90 Å². The summed E-state index contributed by atoms with van der Waals surface area (Å²) in [6.45, 7) is 0.663. The molecule has 1 aromatic rings. The normalized spacial score (nSPS) is 14.9. The zero-order valence-corrected chi connectivity index (χ0v) is 10.1. The summed E-state index contributed by atoms with van der Waals surface area (Å²) in [5, 5.41) is 12.4. The molecule has 1 aliphatic heterocycles. The predicted molar refractivity (Wildman–Crippen MR) is 65.3 cm³/mol. The number of nitrogens with zero attached hydrogens (tertiary/aromatic N) is 1. The van der Waals surface area contributed by atoms with Crippen molar-refractivity contribution in [2.75, 3.05) is 5.88 Å². The Kier molecular flexibility index (Phi) is 3.34. The third-order valence-electron chi connectivity index (χ3n) is 2.08. The number of phenols is 1. The van der Waals surface area contributed by atoms with Gasteiger partial charge in [0.2, 0.25) is 0 Å². The molecule has 0 aromatic heterocycles. The number of benzene rings is 1. The Morgan fingerprint density at radius 1 is 1.40 bits per heavy atom. The summed E-state index contributed by atoms with van der Waals surface area (Å²) in [7, 11) is 0. The van der Waals surface area contributed by atoms with Crippen molar-refractivity contribution in [3.05, 3.63) is 39.3 Å². The molecule has 0 saturated carbocycles. The van der Waals surface area contributed by atoms with Crippen molar-refractivity contribution in [1.29, 1.82) is 0 Å². The Balaban J connectivity index is 2.23. The van der Waals surface area contributed by atoms with Crippen LogP contribution in [-0.4, -0.2) is 15.9 Å². The largest absolute Gasteiger partial charge is 0.506 e. The zero-order valence-electron chi connectivity index (χ0n) is 7.78. The molecule has 0 atom stereocenters. The molecule has 0 unspecified atom stereocenters. The number of aromatic hydroxyl groups is 1. The molecular weight excluding hydrogens is 253 g/mol. The summed E-state index contributed by atoms with van der Waals surface area (Å²) < 4.78 is 0. The molecule has 0 amide bonds. The van der Waals surface area contributed by atoms with Crippen LogP contribution >= 0.6 is 35.0 Å². The first-order valence-corrected chi connectivity index (χ1v) is 6.16. The van der Waals surface area contributed by atoms with Gasteiger partial charge in [0.05, 0.1) is 10.9 Å². The molecule has 1 aromatic carbocycles. The van der Waals surface area contributed by atoms with Gasteiger partial charge in [0, 0.05) is 23.8 Å². The topological polar surface area (TPSA) is 23.5 Å². The fraction of sp³-hybridized carbons (Fsp3) is 0.200. The van der Waals surface area contributed by atoms with Gasteiger partial charge in [-0.3, -0.25) is 0 Å². The Morgan fingerprint density at radius 2 is 2.20 bits per heavy atom. The summed E-state index contributed by atoms with van der Waals surface area (Å²) in [4.78, 5) is 2.10. The number of hydrogen-bond donors (Lipinski definition) is 1. The summed E-state index contributed by atoms with van der Waals surface area (Å²) in [5.74, 6) is 0.943. The van der Waals surface area contributed by atoms with Crippen LogP contribution < -0.4 is 0 Å². The number of halogens is 2. The maximum Gasteiger partial charge on any atom is 0.136 e. The molecule has 0 bridgehead atoms. The van der Waals surface area contributed by atoms with Gasteiger partial charge in [0.1, 0.15) is 5.75 Å². The van der Waals surface area contributed by atoms with Gasteiger partial charge in [0.25, 0.3) is 0 Å². The van der Waals surface area contributed by atoms with E-state index >= 15 is 0 Å². The SMILES string of the molecule is Oc1cc(Cl)cc(CN2C=CSC2)c1Cl. The van der Waals surface area contributed by atoms with E-state index in [9.17, 15) is 5.11 Å². The number of hydrogen-bond acceptors (Lipinski definition) is 3. The first-order chi connectivity index (χ1) is 7.16. The molecule has 0 saturated heterocycles.